The van der Waals surface area contributed by atoms with E-state index in [2.05, 4.69) is 5.16 Å². The molecule has 0 aliphatic heterocycles. The third-order valence-corrected chi connectivity index (χ3v) is 3.00. The molecule has 2 rings (SSSR count). The third kappa shape index (κ3) is 3.68. The number of benzene rings is 1. The molecular weight excluding hydrogens is 242 g/mol. The number of hydrogen-bond acceptors (Lipinski definition) is 4. The molecule has 0 amide bonds. The molecule has 1 aromatic carbocycles. The predicted molar refractivity (Wildman–Crippen MR) is 70.5 cm³/mol. The number of rotatable bonds is 5. The summed E-state index contributed by atoms with van der Waals surface area (Å²) in [5.74, 6) is 0.567. The van der Waals surface area contributed by atoms with Crippen molar-refractivity contribution in [1.82, 2.24) is 5.16 Å². The number of aryl methyl sites for hydroxylation is 2. The Morgan fingerprint density at radius 2 is 2.00 bits per heavy atom. The van der Waals surface area contributed by atoms with Gasteiger partial charge in [0.2, 0.25) is 0 Å². The Balaban J connectivity index is 1.79. The van der Waals surface area contributed by atoms with Crippen molar-refractivity contribution in [3.05, 3.63) is 52.9 Å². The standard InChI is InChI=1S/C15H17NO3/c1-11-14(12(2)19-16-11)8-9-15(17)18-10-13-6-4-3-5-7-13/h3-7H,8-10H2,1-2H3. The fraction of sp³-hybridized carbons (Fsp3) is 0.333. The van der Waals surface area contributed by atoms with Crippen LogP contribution in [0.2, 0.25) is 0 Å². The van der Waals surface area contributed by atoms with Crippen molar-refractivity contribution < 1.29 is 14.1 Å². The molecule has 0 aliphatic rings. The fourth-order valence-corrected chi connectivity index (χ4v) is 1.90. The van der Waals surface area contributed by atoms with E-state index in [1.54, 1.807) is 0 Å². The van der Waals surface area contributed by atoms with E-state index in [9.17, 15) is 4.79 Å². The molecule has 0 spiro atoms. The third-order valence-electron chi connectivity index (χ3n) is 3.00. The Hall–Kier alpha value is -2.10. The summed E-state index contributed by atoms with van der Waals surface area (Å²) in [5, 5.41) is 3.86. The number of nitrogens with zero attached hydrogens (tertiary/aromatic N) is 1. The van der Waals surface area contributed by atoms with Crippen LogP contribution in [0.4, 0.5) is 0 Å². The van der Waals surface area contributed by atoms with Gasteiger partial charge in [0.15, 0.2) is 0 Å². The zero-order valence-corrected chi connectivity index (χ0v) is 11.2. The van der Waals surface area contributed by atoms with Gasteiger partial charge in [-0.25, -0.2) is 0 Å². The van der Waals surface area contributed by atoms with Crippen molar-refractivity contribution in [3.8, 4) is 0 Å². The van der Waals surface area contributed by atoms with Crippen LogP contribution in [-0.2, 0) is 22.6 Å². The van der Waals surface area contributed by atoms with Crippen molar-refractivity contribution in [2.24, 2.45) is 0 Å². The number of hydrogen-bond donors (Lipinski definition) is 0. The van der Waals surface area contributed by atoms with Gasteiger partial charge in [0.1, 0.15) is 12.4 Å². The van der Waals surface area contributed by atoms with Crippen LogP contribution in [0.15, 0.2) is 34.9 Å². The molecule has 4 heteroatoms. The maximum Gasteiger partial charge on any atom is 0.306 e. The summed E-state index contributed by atoms with van der Waals surface area (Å²) in [6, 6.07) is 9.64. The van der Waals surface area contributed by atoms with Crippen molar-refractivity contribution in [2.75, 3.05) is 0 Å². The lowest BCUT2D eigenvalue weighted by Crippen LogP contribution is -2.06. The molecule has 0 atom stereocenters. The molecule has 100 valence electrons. The average Bonchev–Trinajstić information content (AvgIpc) is 2.75. The molecule has 4 nitrogen and oxygen atoms in total. The number of carbonyl (C=O) groups is 1. The summed E-state index contributed by atoms with van der Waals surface area (Å²) in [6.45, 7) is 4.05. The molecule has 0 saturated carbocycles. The lowest BCUT2D eigenvalue weighted by atomic mass is 10.1. The first-order valence-electron chi connectivity index (χ1n) is 6.28. The van der Waals surface area contributed by atoms with Gasteiger partial charge in [-0.1, -0.05) is 35.5 Å². The van der Waals surface area contributed by atoms with Crippen LogP contribution in [0.5, 0.6) is 0 Å². The molecule has 0 saturated heterocycles. The Morgan fingerprint density at radius 3 is 2.63 bits per heavy atom. The Kier molecular flexibility index (Phi) is 4.34. The largest absolute Gasteiger partial charge is 0.461 e. The van der Waals surface area contributed by atoms with Crippen molar-refractivity contribution in [3.63, 3.8) is 0 Å². The number of esters is 1. The highest BCUT2D eigenvalue weighted by atomic mass is 16.5. The maximum atomic E-state index is 11.7. The highest BCUT2D eigenvalue weighted by Crippen LogP contribution is 2.14. The fourth-order valence-electron chi connectivity index (χ4n) is 1.90. The maximum absolute atomic E-state index is 11.7. The lowest BCUT2D eigenvalue weighted by Gasteiger charge is -2.04. The number of carbonyl (C=O) groups excluding carboxylic acids is 1. The summed E-state index contributed by atoms with van der Waals surface area (Å²) >= 11 is 0. The van der Waals surface area contributed by atoms with E-state index in [4.69, 9.17) is 9.26 Å². The molecule has 1 heterocycles. The average molecular weight is 259 g/mol. The topological polar surface area (TPSA) is 52.3 Å². The van der Waals surface area contributed by atoms with Gasteiger partial charge in [-0.3, -0.25) is 4.79 Å². The second kappa shape index (κ2) is 6.18. The Labute approximate surface area is 112 Å². The predicted octanol–water partition coefficient (Wildman–Crippen LogP) is 2.97. The van der Waals surface area contributed by atoms with Gasteiger partial charge >= 0.3 is 5.97 Å². The van der Waals surface area contributed by atoms with Crippen LogP contribution < -0.4 is 0 Å². The minimum atomic E-state index is -0.205. The molecule has 19 heavy (non-hydrogen) atoms. The van der Waals surface area contributed by atoms with Gasteiger partial charge in [0, 0.05) is 12.0 Å². The normalized spacial score (nSPS) is 10.4. The van der Waals surface area contributed by atoms with E-state index in [1.807, 2.05) is 44.2 Å². The van der Waals surface area contributed by atoms with Gasteiger partial charge in [0.25, 0.3) is 0 Å². The van der Waals surface area contributed by atoms with Crippen LogP contribution in [0, 0.1) is 13.8 Å². The SMILES string of the molecule is Cc1noc(C)c1CCC(=O)OCc1ccccc1. The second-order valence-electron chi connectivity index (χ2n) is 4.45. The molecule has 0 aliphatic carbocycles. The molecule has 0 fully saturated rings. The highest BCUT2D eigenvalue weighted by molar-refractivity contribution is 5.69. The smallest absolute Gasteiger partial charge is 0.306 e. The van der Waals surface area contributed by atoms with Crippen molar-refractivity contribution in [1.29, 1.82) is 0 Å². The van der Waals surface area contributed by atoms with E-state index in [1.165, 1.54) is 0 Å². The van der Waals surface area contributed by atoms with Gasteiger partial charge < -0.3 is 9.26 Å². The minimum Gasteiger partial charge on any atom is -0.461 e. The molecule has 0 bridgehead atoms. The van der Waals surface area contributed by atoms with Gasteiger partial charge in [-0.2, -0.15) is 0 Å². The minimum absolute atomic E-state index is 0.205. The van der Waals surface area contributed by atoms with Crippen molar-refractivity contribution in [2.45, 2.75) is 33.3 Å². The molecule has 0 N–H and O–H groups in total. The molecule has 1 aromatic heterocycles. The van der Waals surface area contributed by atoms with E-state index in [0.29, 0.717) is 19.4 Å². The monoisotopic (exact) mass is 259 g/mol. The van der Waals surface area contributed by atoms with Crippen LogP contribution in [-0.4, -0.2) is 11.1 Å². The van der Waals surface area contributed by atoms with E-state index >= 15 is 0 Å². The highest BCUT2D eigenvalue weighted by Gasteiger charge is 2.11. The zero-order valence-electron chi connectivity index (χ0n) is 11.2. The lowest BCUT2D eigenvalue weighted by molar-refractivity contribution is -0.144. The first-order chi connectivity index (χ1) is 9.16. The summed E-state index contributed by atoms with van der Waals surface area (Å²) in [5.41, 5.74) is 2.83. The zero-order chi connectivity index (χ0) is 13.7. The summed E-state index contributed by atoms with van der Waals surface area (Å²) in [4.78, 5) is 11.7. The summed E-state index contributed by atoms with van der Waals surface area (Å²) < 4.78 is 10.3. The van der Waals surface area contributed by atoms with Gasteiger partial charge in [-0.05, 0) is 25.8 Å². The van der Waals surface area contributed by atoms with Crippen molar-refractivity contribution >= 4 is 5.97 Å². The first-order valence-corrected chi connectivity index (χ1v) is 6.28. The number of aromatic nitrogens is 1. The molecule has 0 radical (unpaired) electrons. The molecule has 0 unspecified atom stereocenters. The van der Waals surface area contributed by atoms with E-state index in [-0.39, 0.29) is 5.97 Å². The van der Waals surface area contributed by atoms with E-state index < -0.39 is 0 Å². The van der Waals surface area contributed by atoms with Gasteiger partial charge in [0.05, 0.1) is 5.69 Å². The number of ether oxygens (including phenoxy) is 1. The Bertz CT molecular complexity index is 526. The van der Waals surface area contributed by atoms with E-state index in [0.717, 1.165) is 22.6 Å². The summed E-state index contributed by atoms with van der Waals surface area (Å²) in [7, 11) is 0. The first kappa shape index (κ1) is 13.3. The quantitative estimate of drug-likeness (QED) is 0.775. The Morgan fingerprint density at radius 1 is 1.26 bits per heavy atom. The second-order valence-corrected chi connectivity index (χ2v) is 4.45. The van der Waals surface area contributed by atoms with Crippen LogP contribution in [0.25, 0.3) is 0 Å². The van der Waals surface area contributed by atoms with Crippen LogP contribution in [0.1, 0.15) is 29.0 Å². The van der Waals surface area contributed by atoms with Gasteiger partial charge in [-0.15, -0.1) is 0 Å². The van der Waals surface area contributed by atoms with Crippen LogP contribution in [0.3, 0.4) is 0 Å². The van der Waals surface area contributed by atoms with Crippen LogP contribution >= 0.6 is 0 Å². The molecular formula is C15H17NO3. The molecule has 2 aromatic rings. The summed E-state index contributed by atoms with van der Waals surface area (Å²) in [6.07, 6.45) is 0.949.